The molecule has 2 N–H and O–H groups in total. The molecule has 0 unspecified atom stereocenters. The molecule has 2 aromatic heterocycles. The van der Waals surface area contributed by atoms with Crippen LogP contribution in [0.2, 0.25) is 0 Å². The maximum Gasteiger partial charge on any atom is 0.290 e. The van der Waals surface area contributed by atoms with Gasteiger partial charge in [-0.15, -0.1) is 0 Å². The van der Waals surface area contributed by atoms with Crippen molar-refractivity contribution in [3.63, 3.8) is 0 Å². The summed E-state index contributed by atoms with van der Waals surface area (Å²) in [6, 6.07) is 12.1. The Labute approximate surface area is 195 Å². The molecule has 2 amide bonds. The van der Waals surface area contributed by atoms with Crippen molar-refractivity contribution in [2.75, 3.05) is 24.5 Å². The van der Waals surface area contributed by atoms with E-state index in [9.17, 15) is 9.59 Å². The normalized spacial score (nSPS) is 18.3. The predicted octanol–water partition coefficient (Wildman–Crippen LogP) is 3.35. The molecule has 33 heavy (non-hydrogen) atoms. The van der Waals surface area contributed by atoms with E-state index in [1.807, 2.05) is 12.3 Å². The molecule has 0 saturated carbocycles. The van der Waals surface area contributed by atoms with E-state index >= 15 is 0 Å². The van der Waals surface area contributed by atoms with Crippen LogP contribution in [0.4, 0.5) is 10.7 Å². The van der Waals surface area contributed by atoms with E-state index in [-0.39, 0.29) is 11.1 Å². The van der Waals surface area contributed by atoms with Crippen LogP contribution in [0, 0.1) is 5.92 Å². The zero-order valence-electron chi connectivity index (χ0n) is 18.0. The number of nitrogens with one attached hydrogen (secondary N) is 2. The van der Waals surface area contributed by atoms with Crippen molar-refractivity contribution in [3.05, 3.63) is 65.1 Å². The van der Waals surface area contributed by atoms with E-state index in [0.29, 0.717) is 22.5 Å². The smallest absolute Gasteiger partial charge is 0.290 e. The average molecular weight is 461 g/mol. The Balaban J connectivity index is 1.14. The van der Waals surface area contributed by atoms with Gasteiger partial charge in [0.25, 0.3) is 11.1 Å². The molecular weight excluding hydrogens is 436 g/mol. The summed E-state index contributed by atoms with van der Waals surface area (Å²) in [5.74, 6) is 0.869. The van der Waals surface area contributed by atoms with E-state index in [1.165, 1.54) is 10.8 Å². The number of hydrogen-bond donors (Lipinski definition) is 2. The van der Waals surface area contributed by atoms with Crippen molar-refractivity contribution < 1.29 is 9.59 Å². The Morgan fingerprint density at radius 3 is 2.73 bits per heavy atom. The predicted molar refractivity (Wildman–Crippen MR) is 130 cm³/mol. The molecule has 5 rings (SSSR count). The minimum atomic E-state index is -0.378. The maximum atomic E-state index is 11.8. The SMILES string of the molecule is O=C1NC(=O)/C(=C/c2ccnc(N3CCC(CNCc4nccc5ccccc45)CC3)n2)S1. The number of piperidine rings is 1. The fourth-order valence-corrected chi connectivity index (χ4v) is 4.87. The quantitative estimate of drug-likeness (QED) is 0.540. The summed E-state index contributed by atoms with van der Waals surface area (Å²) in [7, 11) is 0. The van der Waals surface area contributed by atoms with Gasteiger partial charge in [0.05, 0.1) is 16.3 Å². The summed E-state index contributed by atoms with van der Waals surface area (Å²) in [4.78, 5) is 39.2. The van der Waals surface area contributed by atoms with Crippen molar-refractivity contribution in [3.8, 4) is 0 Å². The number of imide groups is 1. The number of nitrogens with zero attached hydrogens (tertiary/aromatic N) is 4. The van der Waals surface area contributed by atoms with Crippen LogP contribution in [0.1, 0.15) is 24.2 Å². The van der Waals surface area contributed by atoms with E-state index < -0.39 is 0 Å². The number of pyridine rings is 1. The number of fused-ring (bicyclic) bond motifs is 1. The fourth-order valence-electron chi connectivity index (χ4n) is 4.20. The molecular formula is C24H24N6O2S. The van der Waals surface area contributed by atoms with Gasteiger partial charge in [0.1, 0.15) is 0 Å². The largest absolute Gasteiger partial charge is 0.341 e. The van der Waals surface area contributed by atoms with E-state index in [2.05, 4.69) is 54.8 Å². The van der Waals surface area contributed by atoms with E-state index in [0.717, 1.165) is 56.5 Å². The van der Waals surface area contributed by atoms with Gasteiger partial charge >= 0.3 is 0 Å². The third-order valence-electron chi connectivity index (χ3n) is 5.96. The first-order valence-electron chi connectivity index (χ1n) is 11.0. The van der Waals surface area contributed by atoms with Crippen LogP contribution in [0.25, 0.3) is 16.8 Å². The van der Waals surface area contributed by atoms with Crippen LogP contribution in [0.15, 0.2) is 53.7 Å². The molecule has 0 radical (unpaired) electrons. The highest BCUT2D eigenvalue weighted by Crippen LogP contribution is 2.26. The van der Waals surface area contributed by atoms with Gasteiger partial charge in [-0.05, 0) is 60.7 Å². The molecule has 2 fully saturated rings. The van der Waals surface area contributed by atoms with Crippen molar-refractivity contribution in [1.29, 1.82) is 0 Å². The van der Waals surface area contributed by atoms with Gasteiger partial charge in [0, 0.05) is 37.4 Å². The van der Waals surface area contributed by atoms with Crippen molar-refractivity contribution >= 4 is 45.7 Å². The lowest BCUT2D eigenvalue weighted by molar-refractivity contribution is -0.115. The number of thioether (sulfide) groups is 1. The Kier molecular flexibility index (Phi) is 6.32. The third kappa shape index (κ3) is 5.04. The highest BCUT2D eigenvalue weighted by molar-refractivity contribution is 8.18. The highest BCUT2D eigenvalue weighted by Gasteiger charge is 2.25. The number of amides is 2. The molecule has 8 nitrogen and oxygen atoms in total. The van der Waals surface area contributed by atoms with Crippen LogP contribution in [-0.2, 0) is 11.3 Å². The zero-order chi connectivity index (χ0) is 22.6. The lowest BCUT2D eigenvalue weighted by Crippen LogP contribution is -2.38. The molecule has 0 bridgehead atoms. The first-order valence-corrected chi connectivity index (χ1v) is 11.8. The molecule has 0 spiro atoms. The van der Waals surface area contributed by atoms with Crippen molar-refractivity contribution in [2.24, 2.45) is 5.92 Å². The number of anilines is 1. The number of carbonyl (C=O) groups is 2. The van der Waals surface area contributed by atoms with Crippen LogP contribution in [-0.4, -0.2) is 45.7 Å². The number of benzene rings is 1. The van der Waals surface area contributed by atoms with E-state index in [1.54, 1.807) is 18.3 Å². The second kappa shape index (κ2) is 9.68. The second-order valence-electron chi connectivity index (χ2n) is 8.17. The van der Waals surface area contributed by atoms with Gasteiger partial charge in [0.2, 0.25) is 5.95 Å². The average Bonchev–Trinajstić information content (AvgIpc) is 3.16. The molecule has 168 valence electrons. The molecule has 2 aliphatic rings. The lowest BCUT2D eigenvalue weighted by atomic mass is 9.97. The van der Waals surface area contributed by atoms with Crippen LogP contribution in [0.3, 0.4) is 0 Å². The molecule has 0 aliphatic carbocycles. The Morgan fingerprint density at radius 2 is 1.91 bits per heavy atom. The first kappa shape index (κ1) is 21.5. The fraction of sp³-hybridized carbons (Fsp3) is 0.292. The van der Waals surface area contributed by atoms with E-state index in [4.69, 9.17) is 0 Å². The molecule has 9 heteroatoms. The summed E-state index contributed by atoms with van der Waals surface area (Å²) < 4.78 is 0. The Bertz CT molecular complexity index is 1220. The number of rotatable bonds is 6. The third-order valence-corrected chi connectivity index (χ3v) is 6.78. The lowest BCUT2D eigenvalue weighted by Gasteiger charge is -2.32. The van der Waals surface area contributed by atoms with Crippen molar-refractivity contribution in [2.45, 2.75) is 19.4 Å². The van der Waals surface area contributed by atoms with Crippen molar-refractivity contribution in [1.82, 2.24) is 25.6 Å². The topological polar surface area (TPSA) is 100 Å². The summed E-state index contributed by atoms with van der Waals surface area (Å²) in [5.41, 5.74) is 1.71. The summed E-state index contributed by atoms with van der Waals surface area (Å²) in [6.45, 7) is 3.47. The summed E-state index contributed by atoms with van der Waals surface area (Å²) in [6.07, 6.45) is 7.30. The molecule has 4 heterocycles. The van der Waals surface area contributed by atoms with Gasteiger partial charge in [-0.25, -0.2) is 9.97 Å². The summed E-state index contributed by atoms with van der Waals surface area (Å²) in [5, 5.41) is 7.91. The Morgan fingerprint density at radius 1 is 1.09 bits per heavy atom. The number of carbonyl (C=O) groups excluding carboxylic acids is 2. The highest BCUT2D eigenvalue weighted by atomic mass is 32.2. The van der Waals surface area contributed by atoms with Gasteiger partial charge in [-0.2, -0.15) is 0 Å². The maximum absolute atomic E-state index is 11.8. The van der Waals surface area contributed by atoms with Gasteiger partial charge in [-0.1, -0.05) is 24.3 Å². The zero-order valence-corrected chi connectivity index (χ0v) is 18.8. The second-order valence-corrected chi connectivity index (χ2v) is 9.19. The van der Waals surface area contributed by atoms with Crippen LogP contribution >= 0.6 is 11.8 Å². The summed E-state index contributed by atoms with van der Waals surface area (Å²) >= 11 is 0.893. The standard InChI is InChI=1S/C24H24N6O2S/c31-22-21(33-24(32)29-22)13-18-6-10-27-23(28-18)30-11-7-16(8-12-30)14-25-15-20-19-4-2-1-3-17(19)5-9-26-20/h1-6,9-10,13,16,25H,7-8,11-12,14-15H2,(H,29,31,32)/b21-13-. The monoisotopic (exact) mass is 460 g/mol. The van der Waals surface area contributed by atoms with Crippen LogP contribution in [0.5, 0.6) is 0 Å². The number of hydrogen-bond acceptors (Lipinski definition) is 8. The molecule has 1 aromatic carbocycles. The number of aromatic nitrogens is 3. The van der Waals surface area contributed by atoms with Gasteiger partial charge in [-0.3, -0.25) is 19.9 Å². The molecule has 0 atom stereocenters. The first-order chi connectivity index (χ1) is 16.2. The molecule has 2 saturated heterocycles. The van der Waals surface area contributed by atoms with Crippen LogP contribution < -0.4 is 15.5 Å². The Hall–Kier alpha value is -3.30. The molecule has 3 aromatic rings. The minimum Gasteiger partial charge on any atom is -0.341 e. The van der Waals surface area contributed by atoms with Gasteiger partial charge in [0.15, 0.2) is 0 Å². The van der Waals surface area contributed by atoms with Gasteiger partial charge < -0.3 is 10.2 Å². The molecule has 2 aliphatic heterocycles. The minimum absolute atomic E-state index is 0.354.